The highest BCUT2D eigenvalue weighted by atomic mass is 19.4. The molecule has 11 nitrogen and oxygen atoms in total. The SMILES string of the molecule is Cc1nc(N)cc(-c2nc3c4c(nc(OCC5(CN6CC7COCC7C6)CC5)nc4c2F)N2C[C@H]4CC[C@H](N4)C2[C@H](C)O3)c1C(F)(F)F. The standard InChI is InChI=1S/C33H38F4N8O3/c1-15-24(33(35,36)37)20(7-22(38)39-15)26-25(34)27-23-29(45-10-19-3-4-21(40-19)28(45)16(2)48-30(23)41-26)43-31(42-27)47-14-32(5-6-32)13-44-8-17-11-46-12-18(17)9-44/h7,16-19,21,28,40H,3-6,8-14H2,1-2H3,(H2,38,39)/t16-,17?,18?,19+,21-,28?/m0/s1. The summed E-state index contributed by atoms with van der Waals surface area (Å²) in [7, 11) is 0. The van der Waals surface area contributed by atoms with Gasteiger partial charge in [-0.3, -0.25) is 0 Å². The molecule has 15 heteroatoms. The molecule has 0 amide bonds. The smallest absolute Gasteiger partial charge is 0.418 e. The third-order valence-corrected chi connectivity index (χ3v) is 11.3. The largest absolute Gasteiger partial charge is 0.472 e. The fraction of sp³-hybridized carbons (Fsp3) is 0.636. The number of nitrogens with one attached hydrogen (secondary N) is 1. The topological polar surface area (TPSA) is 124 Å². The van der Waals surface area contributed by atoms with Gasteiger partial charge in [0.05, 0.1) is 37.1 Å². The first-order valence-corrected chi connectivity index (χ1v) is 16.8. The Kier molecular flexibility index (Phi) is 6.81. The van der Waals surface area contributed by atoms with Crippen molar-refractivity contribution in [3.8, 4) is 23.1 Å². The van der Waals surface area contributed by atoms with Crippen LogP contribution in [0.15, 0.2) is 6.07 Å². The average molecular weight is 671 g/mol. The number of pyridine rings is 2. The Morgan fingerprint density at radius 1 is 1.08 bits per heavy atom. The Bertz CT molecular complexity index is 1790. The summed E-state index contributed by atoms with van der Waals surface area (Å²) in [4.78, 5) is 22.3. The Hall–Kier alpha value is -3.56. The molecule has 2 bridgehead atoms. The zero-order valence-electron chi connectivity index (χ0n) is 26.8. The molecule has 5 fully saturated rings. The van der Waals surface area contributed by atoms with Gasteiger partial charge in [0.1, 0.15) is 34.3 Å². The Labute approximate surface area is 274 Å². The number of rotatable bonds is 6. The highest BCUT2D eigenvalue weighted by molar-refractivity contribution is 5.97. The molecule has 4 saturated heterocycles. The molecule has 5 aliphatic heterocycles. The molecule has 0 radical (unpaired) electrons. The number of likely N-dealkylation sites (tertiary alicyclic amines) is 1. The van der Waals surface area contributed by atoms with E-state index < -0.39 is 34.9 Å². The van der Waals surface area contributed by atoms with Crippen LogP contribution in [0.3, 0.4) is 0 Å². The van der Waals surface area contributed by atoms with Gasteiger partial charge in [0.2, 0.25) is 5.88 Å². The molecular formula is C33H38F4N8O3. The van der Waals surface area contributed by atoms with Crippen LogP contribution in [0.4, 0.5) is 29.2 Å². The normalized spacial score (nSPS) is 30.2. The molecule has 3 aromatic heterocycles. The van der Waals surface area contributed by atoms with E-state index in [1.807, 2.05) is 6.92 Å². The van der Waals surface area contributed by atoms with Crippen LogP contribution in [0.2, 0.25) is 0 Å². The Morgan fingerprint density at radius 3 is 2.58 bits per heavy atom. The van der Waals surface area contributed by atoms with E-state index in [0.29, 0.717) is 30.8 Å². The monoisotopic (exact) mass is 670 g/mol. The summed E-state index contributed by atoms with van der Waals surface area (Å²) >= 11 is 0. The zero-order chi connectivity index (χ0) is 33.1. The molecule has 9 rings (SSSR count). The van der Waals surface area contributed by atoms with Gasteiger partial charge in [0.15, 0.2) is 5.82 Å². The minimum Gasteiger partial charge on any atom is -0.472 e. The number of fused-ring (bicyclic) bond motifs is 6. The summed E-state index contributed by atoms with van der Waals surface area (Å²) in [6, 6.07) is 1.11. The van der Waals surface area contributed by atoms with Gasteiger partial charge >= 0.3 is 12.2 Å². The van der Waals surface area contributed by atoms with E-state index in [0.717, 1.165) is 64.6 Å². The minimum absolute atomic E-state index is 0.0156. The van der Waals surface area contributed by atoms with Crippen LogP contribution in [0, 0.1) is 30.0 Å². The van der Waals surface area contributed by atoms with Crippen LogP contribution >= 0.6 is 0 Å². The number of aryl methyl sites for hydroxylation is 1. The summed E-state index contributed by atoms with van der Waals surface area (Å²) in [6.45, 7) is 8.60. The molecule has 1 saturated carbocycles. The molecule has 8 heterocycles. The molecular weight excluding hydrogens is 632 g/mol. The number of hydrogen-bond acceptors (Lipinski definition) is 11. The number of aromatic nitrogens is 4. The second kappa shape index (κ2) is 10.7. The number of nitrogen functional groups attached to an aromatic ring is 1. The van der Waals surface area contributed by atoms with Crippen molar-refractivity contribution in [1.82, 2.24) is 30.2 Å². The first-order valence-electron chi connectivity index (χ1n) is 16.8. The number of alkyl halides is 3. The van der Waals surface area contributed by atoms with Crippen molar-refractivity contribution >= 4 is 22.5 Å². The molecule has 0 aromatic carbocycles. The van der Waals surface area contributed by atoms with Crippen molar-refractivity contribution in [1.29, 1.82) is 0 Å². The van der Waals surface area contributed by atoms with Crippen LogP contribution in [0.5, 0.6) is 11.9 Å². The van der Waals surface area contributed by atoms with Gasteiger partial charge in [-0.15, -0.1) is 0 Å². The van der Waals surface area contributed by atoms with Gasteiger partial charge in [-0.2, -0.15) is 23.1 Å². The fourth-order valence-corrected chi connectivity index (χ4v) is 8.91. The van der Waals surface area contributed by atoms with Crippen molar-refractivity contribution in [2.45, 2.75) is 69.9 Å². The van der Waals surface area contributed by atoms with Crippen LogP contribution in [-0.2, 0) is 10.9 Å². The van der Waals surface area contributed by atoms with Gasteiger partial charge in [-0.1, -0.05) is 0 Å². The van der Waals surface area contributed by atoms with Crippen molar-refractivity contribution in [2.75, 3.05) is 56.6 Å². The summed E-state index contributed by atoms with van der Waals surface area (Å²) < 4.78 is 78.4. The predicted molar refractivity (Wildman–Crippen MR) is 167 cm³/mol. The molecule has 256 valence electrons. The third kappa shape index (κ3) is 4.94. The second-order valence-corrected chi connectivity index (χ2v) is 14.7. The lowest BCUT2D eigenvalue weighted by Gasteiger charge is -2.42. The summed E-state index contributed by atoms with van der Waals surface area (Å²) in [5.41, 5.74) is 3.06. The first kappa shape index (κ1) is 30.5. The lowest BCUT2D eigenvalue weighted by atomic mass is 9.99. The van der Waals surface area contributed by atoms with Crippen LogP contribution in [0.1, 0.15) is 43.9 Å². The first-order chi connectivity index (χ1) is 23.0. The van der Waals surface area contributed by atoms with E-state index in [1.165, 1.54) is 6.92 Å². The Balaban J connectivity index is 1.14. The minimum atomic E-state index is -4.85. The van der Waals surface area contributed by atoms with Crippen LogP contribution < -0.4 is 25.4 Å². The van der Waals surface area contributed by atoms with Crippen molar-refractivity contribution in [3.63, 3.8) is 0 Å². The van der Waals surface area contributed by atoms with Crippen LogP contribution in [0.25, 0.3) is 22.2 Å². The fourth-order valence-electron chi connectivity index (χ4n) is 8.91. The molecule has 6 aliphatic rings. The number of piperazine rings is 1. The maximum absolute atomic E-state index is 16.8. The van der Waals surface area contributed by atoms with Crippen molar-refractivity contribution < 1.29 is 31.8 Å². The van der Waals surface area contributed by atoms with Crippen molar-refractivity contribution in [3.05, 3.63) is 23.1 Å². The number of ether oxygens (including phenoxy) is 3. The number of halogens is 4. The van der Waals surface area contributed by atoms with E-state index in [1.54, 1.807) is 0 Å². The molecule has 3 aromatic rings. The average Bonchev–Trinajstić information content (AvgIpc) is 3.28. The maximum atomic E-state index is 16.8. The molecule has 6 atom stereocenters. The lowest BCUT2D eigenvalue weighted by Crippen LogP contribution is -2.62. The summed E-state index contributed by atoms with van der Waals surface area (Å²) in [5.74, 6) is 0.335. The van der Waals surface area contributed by atoms with E-state index in [2.05, 4.69) is 30.1 Å². The third-order valence-electron chi connectivity index (χ3n) is 11.3. The quantitative estimate of drug-likeness (QED) is 0.371. The highest BCUT2D eigenvalue weighted by Gasteiger charge is 2.50. The van der Waals surface area contributed by atoms with Gasteiger partial charge < -0.3 is 35.1 Å². The molecule has 0 spiro atoms. The van der Waals surface area contributed by atoms with Gasteiger partial charge in [-0.25, -0.2) is 14.4 Å². The second-order valence-electron chi connectivity index (χ2n) is 14.7. The number of anilines is 2. The number of hydrogen-bond donors (Lipinski definition) is 2. The molecule has 1 aliphatic carbocycles. The number of nitrogens with two attached hydrogens (primary N) is 1. The van der Waals surface area contributed by atoms with E-state index in [9.17, 15) is 13.2 Å². The van der Waals surface area contributed by atoms with Gasteiger partial charge in [-0.05, 0) is 45.6 Å². The maximum Gasteiger partial charge on any atom is 0.418 e. The number of nitrogens with zero attached hydrogens (tertiary/aromatic N) is 6. The molecule has 3 unspecified atom stereocenters. The van der Waals surface area contributed by atoms with E-state index >= 15 is 4.39 Å². The predicted octanol–water partition coefficient (Wildman–Crippen LogP) is 3.96. The summed E-state index contributed by atoms with van der Waals surface area (Å²) in [6.07, 6.45) is -1.38. The van der Waals surface area contributed by atoms with Gasteiger partial charge in [0.25, 0.3) is 0 Å². The van der Waals surface area contributed by atoms with Crippen LogP contribution in [-0.4, -0.2) is 95.1 Å². The van der Waals surface area contributed by atoms with Gasteiger partial charge in [0, 0.05) is 61.1 Å². The van der Waals surface area contributed by atoms with Crippen molar-refractivity contribution in [2.24, 2.45) is 17.3 Å². The zero-order valence-corrected chi connectivity index (χ0v) is 26.8. The molecule has 48 heavy (non-hydrogen) atoms. The Morgan fingerprint density at radius 2 is 1.85 bits per heavy atom. The van der Waals surface area contributed by atoms with E-state index in [-0.39, 0.29) is 57.8 Å². The molecule has 3 N–H and O–H groups in total. The van der Waals surface area contributed by atoms with E-state index in [4.69, 9.17) is 24.9 Å². The summed E-state index contributed by atoms with van der Waals surface area (Å²) in [5, 5.41) is 3.88. The highest BCUT2D eigenvalue weighted by Crippen LogP contribution is 2.49. The lowest BCUT2D eigenvalue weighted by molar-refractivity contribution is -0.137.